The van der Waals surface area contributed by atoms with E-state index in [2.05, 4.69) is 10.0 Å². The van der Waals surface area contributed by atoms with Crippen molar-refractivity contribution in [2.45, 2.75) is 38.1 Å². The first-order valence-electron chi connectivity index (χ1n) is 10.9. The number of carbonyl (C=O) groups is 2. The van der Waals surface area contributed by atoms with Gasteiger partial charge in [0.25, 0.3) is 10.0 Å². The van der Waals surface area contributed by atoms with Crippen molar-refractivity contribution >= 4 is 33.0 Å². The summed E-state index contributed by atoms with van der Waals surface area (Å²) in [5, 5.41) is 3.29. The lowest BCUT2D eigenvalue weighted by Crippen LogP contribution is -2.24. The van der Waals surface area contributed by atoms with E-state index in [9.17, 15) is 22.4 Å². The van der Waals surface area contributed by atoms with Crippen LogP contribution in [0.15, 0.2) is 65.6 Å². The first kappa shape index (κ1) is 23.6. The van der Waals surface area contributed by atoms with Crippen molar-refractivity contribution in [2.24, 2.45) is 5.92 Å². The number of fused-ring (bicyclic) bond motifs is 1. The zero-order valence-corrected chi connectivity index (χ0v) is 19.9. The molecule has 2 N–H and O–H groups in total. The Bertz CT molecular complexity index is 1380. The molecule has 1 aliphatic rings. The minimum Gasteiger partial charge on any atom is -0.377 e. The van der Waals surface area contributed by atoms with Crippen molar-refractivity contribution < 1.29 is 22.4 Å². The number of halogens is 1. The predicted molar refractivity (Wildman–Crippen MR) is 129 cm³/mol. The Morgan fingerprint density at radius 2 is 1.76 bits per heavy atom. The summed E-state index contributed by atoms with van der Waals surface area (Å²) in [5.41, 5.74) is 2.88. The lowest BCUT2D eigenvalue weighted by atomic mass is 9.91. The van der Waals surface area contributed by atoms with Gasteiger partial charge in [0.05, 0.1) is 10.9 Å². The second-order valence-corrected chi connectivity index (χ2v) is 10.4. The summed E-state index contributed by atoms with van der Waals surface area (Å²) in [4.78, 5) is 25.0. The summed E-state index contributed by atoms with van der Waals surface area (Å²) in [6.45, 7) is 5.24. The number of sulfonamides is 1. The molecule has 0 aliphatic carbocycles. The van der Waals surface area contributed by atoms with Gasteiger partial charge in [-0.1, -0.05) is 38.1 Å². The Morgan fingerprint density at radius 3 is 2.41 bits per heavy atom. The van der Waals surface area contributed by atoms with Crippen molar-refractivity contribution in [3.63, 3.8) is 0 Å². The van der Waals surface area contributed by atoms with Gasteiger partial charge in [0.15, 0.2) is 11.6 Å². The lowest BCUT2D eigenvalue weighted by Gasteiger charge is -2.27. The zero-order valence-electron chi connectivity index (χ0n) is 19.1. The SMILES string of the molecule is Cc1cc(NS(=O)(=O)c2ccc3c(c2)C(=O)CC(c2ccc(C(=O)C(C)C)cc2)N3)ccc1F. The molecule has 176 valence electrons. The molecule has 6 nitrogen and oxygen atoms in total. The van der Waals surface area contributed by atoms with Gasteiger partial charge in [0.1, 0.15) is 5.82 Å². The quantitative estimate of drug-likeness (QED) is 0.454. The van der Waals surface area contributed by atoms with Crippen LogP contribution in [0.2, 0.25) is 0 Å². The molecule has 4 rings (SSSR count). The first-order valence-corrected chi connectivity index (χ1v) is 12.4. The number of hydrogen-bond acceptors (Lipinski definition) is 5. The maximum absolute atomic E-state index is 13.5. The highest BCUT2D eigenvalue weighted by Crippen LogP contribution is 2.34. The van der Waals surface area contributed by atoms with Gasteiger partial charge in [0, 0.05) is 34.8 Å². The maximum atomic E-state index is 13.5. The van der Waals surface area contributed by atoms with Crippen LogP contribution in [0.4, 0.5) is 15.8 Å². The van der Waals surface area contributed by atoms with Crippen molar-refractivity contribution in [1.82, 2.24) is 0 Å². The normalized spacial score (nSPS) is 15.6. The number of ketones is 2. The van der Waals surface area contributed by atoms with Crippen LogP contribution in [-0.2, 0) is 10.0 Å². The summed E-state index contributed by atoms with van der Waals surface area (Å²) >= 11 is 0. The Labute approximate surface area is 198 Å². The first-order chi connectivity index (χ1) is 16.0. The fourth-order valence-electron chi connectivity index (χ4n) is 3.92. The summed E-state index contributed by atoms with van der Waals surface area (Å²) in [6, 6.07) is 15.2. The fraction of sp³-hybridized carbons (Fsp3) is 0.231. The molecule has 34 heavy (non-hydrogen) atoms. The predicted octanol–water partition coefficient (Wildman–Crippen LogP) is 5.51. The third-order valence-corrected chi connectivity index (χ3v) is 7.23. The monoisotopic (exact) mass is 480 g/mol. The molecule has 1 heterocycles. The summed E-state index contributed by atoms with van der Waals surface area (Å²) < 4.78 is 41.6. The molecular formula is C26H25FN2O4S. The number of rotatable bonds is 6. The minimum atomic E-state index is -3.97. The number of anilines is 2. The Hall–Kier alpha value is -3.52. The molecule has 0 radical (unpaired) electrons. The smallest absolute Gasteiger partial charge is 0.261 e. The van der Waals surface area contributed by atoms with Gasteiger partial charge in [-0.2, -0.15) is 0 Å². The Balaban J connectivity index is 1.56. The lowest BCUT2D eigenvalue weighted by molar-refractivity contribution is 0.0937. The van der Waals surface area contributed by atoms with E-state index < -0.39 is 15.8 Å². The van der Waals surface area contributed by atoms with Crippen LogP contribution >= 0.6 is 0 Å². The van der Waals surface area contributed by atoms with Crippen molar-refractivity contribution in [1.29, 1.82) is 0 Å². The average molecular weight is 481 g/mol. The van der Waals surface area contributed by atoms with Gasteiger partial charge in [-0.15, -0.1) is 0 Å². The molecule has 0 amide bonds. The highest BCUT2D eigenvalue weighted by atomic mass is 32.2. The van der Waals surface area contributed by atoms with E-state index in [0.717, 1.165) is 5.56 Å². The van der Waals surface area contributed by atoms with E-state index in [1.165, 1.54) is 30.3 Å². The Morgan fingerprint density at radius 1 is 1.06 bits per heavy atom. The molecule has 0 bridgehead atoms. The van der Waals surface area contributed by atoms with Gasteiger partial charge >= 0.3 is 0 Å². The topological polar surface area (TPSA) is 92.3 Å². The van der Waals surface area contributed by atoms with Crippen molar-refractivity contribution in [2.75, 3.05) is 10.0 Å². The second-order valence-electron chi connectivity index (χ2n) is 8.74. The number of nitrogens with one attached hydrogen (secondary N) is 2. The minimum absolute atomic E-state index is 0.0571. The third kappa shape index (κ3) is 4.72. The molecule has 0 aromatic heterocycles. The summed E-state index contributed by atoms with van der Waals surface area (Å²) in [7, 11) is -3.97. The zero-order chi connectivity index (χ0) is 24.6. The Kier molecular flexibility index (Phi) is 6.27. The van der Waals surface area contributed by atoms with Crippen LogP contribution in [0.5, 0.6) is 0 Å². The third-order valence-electron chi connectivity index (χ3n) is 5.85. The highest BCUT2D eigenvalue weighted by Gasteiger charge is 2.28. The van der Waals surface area contributed by atoms with Crippen LogP contribution in [0.1, 0.15) is 58.2 Å². The molecule has 0 spiro atoms. The van der Waals surface area contributed by atoms with Crippen molar-refractivity contribution in [3.05, 3.63) is 88.7 Å². The van der Waals surface area contributed by atoms with Gasteiger partial charge in [-0.05, 0) is 54.4 Å². The number of hydrogen-bond donors (Lipinski definition) is 2. The van der Waals surface area contributed by atoms with E-state index in [-0.39, 0.29) is 40.5 Å². The largest absolute Gasteiger partial charge is 0.377 e. The van der Waals surface area contributed by atoms with Crippen molar-refractivity contribution in [3.8, 4) is 0 Å². The van der Waals surface area contributed by atoms with Crippen LogP contribution in [0, 0.1) is 18.7 Å². The highest BCUT2D eigenvalue weighted by molar-refractivity contribution is 7.92. The number of carbonyl (C=O) groups excluding carboxylic acids is 2. The van der Waals surface area contributed by atoms with Crippen LogP contribution in [0.3, 0.4) is 0 Å². The molecule has 1 aliphatic heterocycles. The van der Waals surface area contributed by atoms with E-state index >= 15 is 0 Å². The molecule has 3 aromatic rings. The van der Waals surface area contributed by atoms with Crippen LogP contribution in [-0.4, -0.2) is 20.0 Å². The fourth-order valence-corrected chi connectivity index (χ4v) is 4.99. The van der Waals surface area contributed by atoms with E-state index in [4.69, 9.17) is 0 Å². The van der Waals surface area contributed by atoms with E-state index in [0.29, 0.717) is 22.4 Å². The van der Waals surface area contributed by atoms with Gasteiger partial charge in [-0.25, -0.2) is 12.8 Å². The molecule has 8 heteroatoms. The van der Waals surface area contributed by atoms with E-state index in [1.54, 1.807) is 25.1 Å². The maximum Gasteiger partial charge on any atom is 0.261 e. The summed E-state index contributed by atoms with van der Waals surface area (Å²) in [5.74, 6) is -0.651. The molecule has 3 aromatic carbocycles. The molecule has 0 saturated carbocycles. The standard InChI is InChI=1S/C26H25FN2O4S/c1-15(2)26(31)18-6-4-17(5-7-18)24-14-25(30)21-13-20(9-11-23(21)28-24)34(32,33)29-19-8-10-22(27)16(3)12-19/h4-13,15,24,28-29H,14H2,1-3H3. The molecule has 1 unspecified atom stereocenters. The van der Waals surface area contributed by atoms with Gasteiger partial charge in [-0.3, -0.25) is 14.3 Å². The number of benzene rings is 3. The number of Topliss-reactive ketones (excluding diaryl/α,β-unsaturated/α-hetero) is 2. The number of aryl methyl sites for hydroxylation is 1. The average Bonchev–Trinajstić information content (AvgIpc) is 2.80. The molecular weight excluding hydrogens is 455 g/mol. The van der Waals surface area contributed by atoms with E-state index in [1.807, 2.05) is 26.0 Å². The van der Waals surface area contributed by atoms with Crippen LogP contribution in [0.25, 0.3) is 0 Å². The van der Waals surface area contributed by atoms with Gasteiger partial charge in [0.2, 0.25) is 0 Å². The molecule has 0 saturated heterocycles. The van der Waals surface area contributed by atoms with Gasteiger partial charge < -0.3 is 5.32 Å². The molecule has 1 atom stereocenters. The summed E-state index contributed by atoms with van der Waals surface area (Å²) in [6.07, 6.45) is 0.151. The second kappa shape index (κ2) is 9.02. The van der Waals surface area contributed by atoms with Crippen LogP contribution < -0.4 is 10.0 Å². The molecule has 0 fully saturated rings.